The molecule has 4 rings (SSSR count). The average molecular weight is 449 g/mol. The number of aryl methyl sites for hydroxylation is 1. The second kappa shape index (κ2) is 10.3. The maximum absolute atomic E-state index is 13.4. The molecule has 0 spiro atoms. The van der Waals surface area contributed by atoms with Crippen molar-refractivity contribution in [1.82, 2.24) is 19.4 Å². The minimum absolute atomic E-state index is 0.0350. The van der Waals surface area contributed by atoms with Crippen molar-refractivity contribution in [3.8, 4) is 0 Å². The van der Waals surface area contributed by atoms with Crippen LogP contribution in [0.4, 0.5) is 0 Å². The fourth-order valence-electron chi connectivity index (χ4n) is 5.16. The van der Waals surface area contributed by atoms with Crippen LogP contribution in [0.25, 0.3) is 10.9 Å². The number of hydrogen-bond donors (Lipinski definition) is 3. The van der Waals surface area contributed by atoms with Crippen LogP contribution in [0.15, 0.2) is 41.3 Å². The van der Waals surface area contributed by atoms with Crippen molar-refractivity contribution in [1.29, 1.82) is 5.41 Å². The first-order chi connectivity index (χ1) is 15.9. The van der Waals surface area contributed by atoms with Crippen molar-refractivity contribution < 1.29 is 0 Å². The molecule has 7 heteroatoms. The molecule has 1 aliphatic rings. The van der Waals surface area contributed by atoms with E-state index in [9.17, 15) is 4.79 Å². The summed E-state index contributed by atoms with van der Waals surface area (Å²) in [5.74, 6) is 0.585. The Morgan fingerprint density at radius 1 is 1.15 bits per heavy atom. The van der Waals surface area contributed by atoms with Crippen LogP contribution in [0, 0.1) is 5.41 Å². The zero-order valence-corrected chi connectivity index (χ0v) is 19.8. The summed E-state index contributed by atoms with van der Waals surface area (Å²) < 4.78 is 1.92. The highest BCUT2D eigenvalue weighted by Gasteiger charge is 2.23. The lowest BCUT2D eigenvalue weighted by atomic mass is 9.97. The molecule has 0 radical (unpaired) electrons. The number of benzene rings is 1. The predicted molar refractivity (Wildman–Crippen MR) is 134 cm³/mol. The third-order valence-electron chi connectivity index (χ3n) is 7.03. The second-order valence-corrected chi connectivity index (χ2v) is 9.45. The lowest BCUT2D eigenvalue weighted by Gasteiger charge is -2.39. The van der Waals surface area contributed by atoms with E-state index in [0.29, 0.717) is 35.6 Å². The SMILES string of the molecule is C[C@@H]1CCC[C@H](C)N1CCCCCn1c(=O)c(Cc2ncc(C(=N)N)[nH]2)cc2ccccc21. The molecular weight excluding hydrogens is 412 g/mol. The molecule has 176 valence electrons. The topological polar surface area (TPSA) is 104 Å². The number of hydrogen-bond acceptors (Lipinski definition) is 4. The Kier molecular flexibility index (Phi) is 7.28. The number of likely N-dealkylation sites (tertiary alicyclic amines) is 1. The molecular formula is C26H36N6O. The number of piperidine rings is 1. The van der Waals surface area contributed by atoms with Gasteiger partial charge in [0.15, 0.2) is 0 Å². The van der Waals surface area contributed by atoms with Gasteiger partial charge in [0.05, 0.1) is 11.7 Å². The minimum Gasteiger partial charge on any atom is -0.382 e. The van der Waals surface area contributed by atoms with Crippen molar-refractivity contribution >= 4 is 16.7 Å². The maximum atomic E-state index is 13.4. The van der Waals surface area contributed by atoms with Gasteiger partial charge < -0.3 is 15.3 Å². The van der Waals surface area contributed by atoms with Gasteiger partial charge in [0.25, 0.3) is 5.56 Å². The molecule has 1 fully saturated rings. The van der Waals surface area contributed by atoms with Crippen molar-refractivity contribution in [2.45, 2.75) is 77.4 Å². The Labute approximate surface area is 195 Å². The molecule has 0 bridgehead atoms. The zero-order valence-electron chi connectivity index (χ0n) is 19.8. The van der Waals surface area contributed by atoms with E-state index >= 15 is 0 Å². The maximum Gasteiger partial charge on any atom is 0.254 e. The van der Waals surface area contributed by atoms with Crippen LogP contribution in [0.5, 0.6) is 0 Å². The normalized spacial score (nSPS) is 19.2. The molecule has 0 saturated carbocycles. The number of amidine groups is 1. The number of nitrogens with one attached hydrogen (secondary N) is 2. The highest BCUT2D eigenvalue weighted by molar-refractivity contribution is 5.92. The van der Waals surface area contributed by atoms with Gasteiger partial charge in [0.2, 0.25) is 0 Å². The van der Waals surface area contributed by atoms with Gasteiger partial charge in [-0.3, -0.25) is 15.1 Å². The fourth-order valence-corrected chi connectivity index (χ4v) is 5.16. The number of aromatic amines is 1. The zero-order chi connectivity index (χ0) is 23.4. The van der Waals surface area contributed by atoms with E-state index in [0.717, 1.165) is 36.8 Å². The number of imidazole rings is 1. The molecule has 1 saturated heterocycles. The van der Waals surface area contributed by atoms with Gasteiger partial charge in [-0.1, -0.05) is 31.0 Å². The van der Waals surface area contributed by atoms with E-state index in [1.165, 1.54) is 25.7 Å². The van der Waals surface area contributed by atoms with E-state index < -0.39 is 0 Å². The number of rotatable bonds is 9. The lowest BCUT2D eigenvalue weighted by molar-refractivity contribution is 0.101. The summed E-state index contributed by atoms with van der Waals surface area (Å²) in [6, 6.07) is 11.4. The molecule has 0 amide bonds. The average Bonchev–Trinajstić information content (AvgIpc) is 3.26. The Morgan fingerprint density at radius 3 is 2.61 bits per heavy atom. The van der Waals surface area contributed by atoms with Crippen molar-refractivity contribution in [3.63, 3.8) is 0 Å². The predicted octanol–water partition coefficient (Wildman–Crippen LogP) is 4.03. The number of nitrogens with two attached hydrogens (primary N) is 1. The van der Waals surface area contributed by atoms with E-state index in [1.54, 1.807) is 6.20 Å². The van der Waals surface area contributed by atoms with Gasteiger partial charge in [0, 0.05) is 30.6 Å². The summed E-state index contributed by atoms with van der Waals surface area (Å²) in [5.41, 5.74) is 7.73. The summed E-state index contributed by atoms with van der Waals surface area (Å²) in [5, 5.41) is 8.60. The lowest BCUT2D eigenvalue weighted by Crippen LogP contribution is -2.44. The van der Waals surface area contributed by atoms with Gasteiger partial charge in [-0.2, -0.15) is 0 Å². The van der Waals surface area contributed by atoms with Gasteiger partial charge in [-0.15, -0.1) is 0 Å². The standard InChI is InChI=1S/C26H36N6O/c1-18-9-8-10-19(2)31(18)13-6-3-7-14-32-23-12-5-4-11-20(23)15-21(26(32)33)16-24-29-17-22(30-24)25(27)28/h4-5,11-12,15,17-19H,3,6-10,13-14,16H2,1-2H3,(H3,27,28)(H,29,30)/t18-,19+. The summed E-state index contributed by atoms with van der Waals surface area (Å²) in [6.07, 6.45) is 9.16. The number of nitrogens with zero attached hydrogens (tertiary/aromatic N) is 3. The van der Waals surface area contributed by atoms with E-state index in [2.05, 4.69) is 34.8 Å². The van der Waals surface area contributed by atoms with Crippen molar-refractivity contribution in [3.05, 3.63) is 64.0 Å². The minimum atomic E-state index is -0.0574. The molecule has 3 heterocycles. The molecule has 7 nitrogen and oxygen atoms in total. The first-order valence-electron chi connectivity index (χ1n) is 12.2. The molecule has 2 aromatic heterocycles. The molecule has 4 N–H and O–H groups in total. The molecule has 2 atom stereocenters. The number of aromatic nitrogens is 3. The summed E-state index contributed by atoms with van der Waals surface area (Å²) >= 11 is 0. The van der Waals surface area contributed by atoms with Crippen molar-refractivity contribution in [2.24, 2.45) is 5.73 Å². The Balaban J connectivity index is 1.45. The van der Waals surface area contributed by atoms with Gasteiger partial charge in [0.1, 0.15) is 17.4 Å². The van der Waals surface area contributed by atoms with E-state index in [1.807, 2.05) is 28.8 Å². The molecule has 0 unspecified atom stereocenters. The summed E-state index contributed by atoms with van der Waals surface area (Å²) in [7, 11) is 0. The number of pyridine rings is 1. The van der Waals surface area contributed by atoms with Crippen LogP contribution in [-0.2, 0) is 13.0 Å². The van der Waals surface area contributed by atoms with Crippen LogP contribution in [0.1, 0.15) is 69.5 Å². The van der Waals surface area contributed by atoms with Gasteiger partial charge in [-0.05, 0) is 63.6 Å². The van der Waals surface area contributed by atoms with Crippen LogP contribution in [0.2, 0.25) is 0 Å². The quantitative estimate of drug-likeness (QED) is 0.261. The third-order valence-corrected chi connectivity index (χ3v) is 7.03. The second-order valence-electron chi connectivity index (χ2n) is 9.45. The highest BCUT2D eigenvalue weighted by atomic mass is 16.1. The number of unbranched alkanes of at least 4 members (excludes halogenated alkanes) is 2. The van der Waals surface area contributed by atoms with Gasteiger partial charge in [-0.25, -0.2) is 4.98 Å². The van der Waals surface area contributed by atoms with E-state index in [4.69, 9.17) is 11.1 Å². The number of nitrogen functional groups attached to an aromatic ring is 1. The Morgan fingerprint density at radius 2 is 1.88 bits per heavy atom. The Hall–Kier alpha value is -2.93. The fraction of sp³-hybridized carbons (Fsp3) is 0.500. The van der Waals surface area contributed by atoms with E-state index in [-0.39, 0.29) is 11.4 Å². The van der Waals surface area contributed by atoms with Crippen LogP contribution in [-0.4, -0.2) is 43.9 Å². The van der Waals surface area contributed by atoms with Crippen LogP contribution >= 0.6 is 0 Å². The van der Waals surface area contributed by atoms with Crippen molar-refractivity contribution in [2.75, 3.05) is 6.54 Å². The summed E-state index contributed by atoms with van der Waals surface area (Å²) in [4.78, 5) is 23.4. The molecule has 0 aliphatic carbocycles. The first-order valence-corrected chi connectivity index (χ1v) is 12.2. The largest absolute Gasteiger partial charge is 0.382 e. The number of H-pyrrole nitrogens is 1. The molecule has 33 heavy (non-hydrogen) atoms. The first kappa shape index (κ1) is 23.2. The molecule has 3 aromatic rings. The third kappa shape index (κ3) is 5.36. The molecule has 1 aromatic carbocycles. The number of fused-ring (bicyclic) bond motifs is 1. The monoisotopic (exact) mass is 448 g/mol. The van der Waals surface area contributed by atoms with Crippen LogP contribution in [0.3, 0.4) is 0 Å². The van der Waals surface area contributed by atoms with Crippen LogP contribution < -0.4 is 11.3 Å². The molecule has 1 aliphatic heterocycles. The van der Waals surface area contributed by atoms with Gasteiger partial charge >= 0.3 is 0 Å². The Bertz CT molecular complexity index is 1150. The smallest absolute Gasteiger partial charge is 0.254 e. The summed E-state index contributed by atoms with van der Waals surface area (Å²) in [6.45, 7) is 6.57. The number of para-hydroxylation sites is 1. The highest BCUT2D eigenvalue weighted by Crippen LogP contribution is 2.23.